The van der Waals surface area contributed by atoms with Crippen LogP contribution in [0.3, 0.4) is 0 Å². The zero-order valence-corrected chi connectivity index (χ0v) is 18.5. The summed E-state index contributed by atoms with van der Waals surface area (Å²) in [6, 6.07) is 7.76. The highest BCUT2D eigenvalue weighted by Gasteiger charge is 2.33. The van der Waals surface area contributed by atoms with Gasteiger partial charge in [-0.15, -0.1) is 11.3 Å². The van der Waals surface area contributed by atoms with Gasteiger partial charge in [0, 0.05) is 28.3 Å². The lowest BCUT2D eigenvalue weighted by Crippen LogP contribution is -2.43. The van der Waals surface area contributed by atoms with E-state index in [2.05, 4.69) is 25.6 Å². The largest absolute Gasteiger partial charge is 0.333 e. The topological polar surface area (TPSA) is 100 Å². The number of nitrogens with one attached hydrogen (secondary N) is 2. The van der Waals surface area contributed by atoms with Gasteiger partial charge in [0.15, 0.2) is 5.13 Å². The second-order valence-electron chi connectivity index (χ2n) is 7.41. The number of hydrogen-bond acceptors (Lipinski definition) is 6. The Morgan fingerprint density at radius 3 is 2.68 bits per heavy atom. The molecule has 2 aromatic heterocycles. The molecule has 170 valence electrons. The summed E-state index contributed by atoms with van der Waals surface area (Å²) in [5.41, 5.74) is 2.18. The molecule has 0 bridgehead atoms. The van der Waals surface area contributed by atoms with Crippen molar-refractivity contribution in [2.24, 2.45) is 0 Å². The third-order valence-corrected chi connectivity index (χ3v) is 6.01. The highest BCUT2D eigenvalue weighted by molar-refractivity contribution is 7.13. The van der Waals surface area contributed by atoms with Crippen LogP contribution < -0.4 is 15.5 Å². The van der Waals surface area contributed by atoms with Crippen molar-refractivity contribution in [1.82, 2.24) is 20.3 Å². The fourth-order valence-corrected chi connectivity index (χ4v) is 4.24. The number of para-hydroxylation sites is 1. The monoisotopic (exact) mass is 478 g/mol. The second-order valence-corrected chi connectivity index (χ2v) is 8.30. The molecule has 2 aromatic carbocycles. The number of amides is 3. The minimum atomic E-state index is -0.903. The van der Waals surface area contributed by atoms with Crippen LogP contribution in [-0.4, -0.2) is 26.9 Å². The Bertz CT molecular complexity index is 1410. The first kappa shape index (κ1) is 21.6. The van der Waals surface area contributed by atoms with E-state index in [4.69, 9.17) is 0 Å². The number of benzene rings is 2. The number of aromatic nitrogens is 3. The molecule has 2 N–H and O–H groups in total. The van der Waals surface area contributed by atoms with Crippen LogP contribution in [0.4, 0.5) is 30.2 Å². The first-order chi connectivity index (χ1) is 16.4. The van der Waals surface area contributed by atoms with E-state index in [0.717, 1.165) is 22.6 Å². The minimum Gasteiger partial charge on any atom is -0.333 e. The van der Waals surface area contributed by atoms with E-state index in [1.165, 1.54) is 23.7 Å². The normalized spacial score (nSPS) is 12.8. The highest BCUT2D eigenvalue weighted by atomic mass is 32.1. The van der Waals surface area contributed by atoms with E-state index in [9.17, 15) is 18.4 Å². The van der Waals surface area contributed by atoms with Crippen molar-refractivity contribution in [3.8, 4) is 11.3 Å². The van der Waals surface area contributed by atoms with Gasteiger partial charge in [0.25, 0.3) is 5.91 Å². The van der Waals surface area contributed by atoms with E-state index < -0.39 is 23.4 Å². The second kappa shape index (κ2) is 8.60. The Balaban J connectivity index is 1.60. The van der Waals surface area contributed by atoms with Crippen LogP contribution in [-0.2, 0) is 6.54 Å². The van der Waals surface area contributed by atoms with Gasteiger partial charge >= 0.3 is 6.03 Å². The van der Waals surface area contributed by atoms with E-state index in [1.807, 2.05) is 6.92 Å². The van der Waals surface area contributed by atoms with E-state index in [1.54, 1.807) is 29.8 Å². The Hall–Kier alpha value is -4.25. The fraction of sp³-hybridized carbons (Fsp3) is 0.0870. The summed E-state index contributed by atoms with van der Waals surface area (Å²) in [5.74, 6) is -2.09. The lowest BCUT2D eigenvalue weighted by molar-refractivity contribution is 0.102. The maximum absolute atomic E-state index is 14.5. The molecule has 1 aliphatic heterocycles. The van der Waals surface area contributed by atoms with Crippen molar-refractivity contribution in [1.29, 1.82) is 0 Å². The zero-order chi connectivity index (χ0) is 23.8. The molecule has 34 heavy (non-hydrogen) atoms. The lowest BCUT2D eigenvalue weighted by Gasteiger charge is -2.30. The Morgan fingerprint density at radius 1 is 1.15 bits per heavy atom. The average Bonchev–Trinajstić information content (AvgIpc) is 3.33. The quantitative estimate of drug-likeness (QED) is 0.439. The molecule has 0 unspecified atom stereocenters. The number of nitrogens with zero attached hydrogens (tertiary/aromatic N) is 4. The van der Waals surface area contributed by atoms with Crippen molar-refractivity contribution in [2.45, 2.75) is 13.5 Å². The smallest absolute Gasteiger partial charge is 0.328 e. The number of carbonyl (C=O) groups excluding carboxylic acids is 2. The fourth-order valence-electron chi connectivity index (χ4n) is 3.71. The lowest BCUT2D eigenvalue weighted by atomic mass is 9.97. The molecule has 0 atom stereocenters. The van der Waals surface area contributed by atoms with Gasteiger partial charge in [-0.2, -0.15) is 0 Å². The van der Waals surface area contributed by atoms with Crippen LogP contribution in [0.15, 0.2) is 54.3 Å². The van der Waals surface area contributed by atoms with Gasteiger partial charge in [-0.25, -0.2) is 33.4 Å². The van der Waals surface area contributed by atoms with Crippen molar-refractivity contribution in [2.75, 3.05) is 10.2 Å². The van der Waals surface area contributed by atoms with Crippen LogP contribution in [0, 0.1) is 18.6 Å². The van der Waals surface area contributed by atoms with Gasteiger partial charge in [0.05, 0.1) is 12.2 Å². The van der Waals surface area contributed by atoms with Crippen LogP contribution in [0.1, 0.15) is 21.5 Å². The van der Waals surface area contributed by atoms with Crippen molar-refractivity contribution in [3.63, 3.8) is 0 Å². The summed E-state index contributed by atoms with van der Waals surface area (Å²) in [6.07, 6.45) is 2.81. The third-order valence-electron chi connectivity index (χ3n) is 5.32. The number of aryl methyl sites for hydroxylation is 1. The molecule has 11 heteroatoms. The van der Waals surface area contributed by atoms with Gasteiger partial charge < -0.3 is 5.32 Å². The van der Waals surface area contributed by atoms with Gasteiger partial charge in [0.1, 0.15) is 29.5 Å². The first-order valence-electron chi connectivity index (χ1n) is 10.1. The molecular weight excluding hydrogens is 462 g/mol. The molecule has 8 nitrogen and oxygen atoms in total. The van der Waals surface area contributed by atoms with Crippen molar-refractivity contribution < 1.29 is 18.4 Å². The molecule has 0 saturated heterocycles. The maximum atomic E-state index is 14.5. The van der Waals surface area contributed by atoms with Gasteiger partial charge in [0.2, 0.25) is 0 Å². The number of carbonyl (C=O) groups is 2. The summed E-state index contributed by atoms with van der Waals surface area (Å²) in [7, 11) is 0. The number of rotatable bonds is 4. The summed E-state index contributed by atoms with van der Waals surface area (Å²) >= 11 is 1.30. The number of urea groups is 1. The molecule has 4 aromatic rings. The van der Waals surface area contributed by atoms with E-state index in [0.29, 0.717) is 27.5 Å². The van der Waals surface area contributed by atoms with Crippen LogP contribution in [0.2, 0.25) is 0 Å². The highest BCUT2D eigenvalue weighted by Crippen LogP contribution is 2.37. The van der Waals surface area contributed by atoms with Gasteiger partial charge in [-0.1, -0.05) is 12.1 Å². The van der Waals surface area contributed by atoms with Crippen molar-refractivity contribution >= 4 is 39.9 Å². The predicted octanol–water partition coefficient (Wildman–Crippen LogP) is 4.80. The predicted molar refractivity (Wildman–Crippen MR) is 123 cm³/mol. The number of hydrogen-bond donors (Lipinski definition) is 2. The molecule has 5 rings (SSSR count). The molecule has 1 aliphatic rings. The minimum absolute atomic E-state index is 0.0475. The molecule has 0 saturated carbocycles. The molecule has 0 fully saturated rings. The SMILES string of the molecule is Cc1ccc(C(=O)Nc2nccs2)cc1-c1ncnc2c1CNC(=O)N2c1c(F)cccc1F. The van der Waals surface area contributed by atoms with Gasteiger partial charge in [-0.3, -0.25) is 10.1 Å². The first-order valence-corrected chi connectivity index (χ1v) is 11.0. The van der Waals surface area contributed by atoms with Crippen LogP contribution >= 0.6 is 11.3 Å². The van der Waals surface area contributed by atoms with E-state index in [-0.39, 0.29) is 18.3 Å². The standard InChI is InChI=1S/C23H16F2N6O2S/c1-12-5-6-13(21(32)30-22-26-7-8-34-22)9-14(12)18-15-10-27-23(33)31(20(15)29-11-28-18)19-16(24)3-2-4-17(19)25/h2-9,11H,10H2,1H3,(H,27,33)(H,26,30,32). The molecule has 3 heterocycles. The summed E-state index contributed by atoms with van der Waals surface area (Å²) in [4.78, 5) is 38.8. The summed E-state index contributed by atoms with van der Waals surface area (Å²) < 4.78 is 29.1. The van der Waals surface area contributed by atoms with E-state index >= 15 is 0 Å². The Labute approximate surface area is 196 Å². The molecule has 0 spiro atoms. The van der Waals surface area contributed by atoms with Crippen LogP contribution in [0.5, 0.6) is 0 Å². The summed E-state index contributed by atoms with van der Waals surface area (Å²) in [6.45, 7) is 1.90. The molecule has 0 aliphatic carbocycles. The number of halogens is 2. The van der Waals surface area contributed by atoms with Crippen molar-refractivity contribution in [3.05, 3.63) is 82.6 Å². The number of thiazole rings is 1. The molecular formula is C23H16F2N6O2S. The Kier molecular flexibility index (Phi) is 5.46. The number of fused-ring (bicyclic) bond motifs is 1. The molecule has 3 amide bonds. The zero-order valence-electron chi connectivity index (χ0n) is 17.7. The third kappa shape index (κ3) is 3.75. The van der Waals surface area contributed by atoms with Crippen LogP contribution in [0.25, 0.3) is 11.3 Å². The Morgan fingerprint density at radius 2 is 1.94 bits per heavy atom. The molecule has 0 radical (unpaired) electrons. The number of anilines is 3. The average molecular weight is 478 g/mol. The maximum Gasteiger partial charge on any atom is 0.328 e. The summed E-state index contributed by atoms with van der Waals surface area (Å²) in [5, 5.41) is 7.58. The van der Waals surface area contributed by atoms with Gasteiger partial charge in [-0.05, 0) is 36.8 Å².